The van der Waals surface area contributed by atoms with Gasteiger partial charge in [0.2, 0.25) is 10.0 Å². The van der Waals surface area contributed by atoms with E-state index < -0.39 is 10.0 Å². The van der Waals surface area contributed by atoms with Gasteiger partial charge in [-0.25, -0.2) is 13.1 Å². The molecular formula is C12H19BrN2O3S2. The Morgan fingerprint density at radius 3 is 2.95 bits per heavy atom. The molecule has 8 heteroatoms. The van der Waals surface area contributed by atoms with Gasteiger partial charge in [-0.05, 0) is 54.3 Å². The summed E-state index contributed by atoms with van der Waals surface area (Å²) in [7, 11) is -1.45. The Morgan fingerprint density at radius 1 is 1.60 bits per heavy atom. The Kier molecular flexibility index (Phi) is 5.61. The van der Waals surface area contributed by atoms with Crippen molar-refractivity contribution >= 4 is 37.3 Å². The number of rotatable bonds is 5. The summed E-state index contributed by atoms with van der Waals surface area (Å²) in [6.07, 6.45) is 2.17. The molecule has 5 nitrogen and oxygen atoms in total. The van der Waals surface area contributed by atoms with Gasteiger partial charge in [0, 0.05) is 18.0 Å². The Balaban J connectivity index is 2.01. The highest BCUT2D eigenvalue weighted by molar-refractivity contribution is 9.11. The van der Waals surface area contributed by atoms with Crippen molar-refractivity contribution in [3.8, 4) is 0 Å². The van der Waals surface area contributed by atoms with E-state index in [1.54, 1.807) is 0 Å². The Hall–Kier alpha value is 0.01000. The Morgan fingerprint density at radius 2 is 2.35 bits per heavy atom. The number of hydrogen-bond donors (Lipinski definition) is 2. The average molecular weight is 383 g/mol. The number of likely N-dealkylation sites (tertiary alicyclic amines) is 1. The SMILES string of the molecule is CN1CCCC(CNS(=O)(=O)c2cc(CO)sc2Br)C1. The summed E-state index contributed by atoms with van der Waals surface area (Å²) < 4.78 is 27.8. The number of halogens is 1. The fraction of sp³-hybridized carbons (Fsp3) is 0.667. The first-order chi connectivity index (χ1) is 9.42. The van der Waals surface area contributed by atoms with Crippen molar-refractivity contribution < 1.29 is 13.5 Å². The van der Waals surface area contributed by atoms with Crippen LogP contribution < -0.4 is 4.72 Å². The van der Waals surface area contributed by atoms with Crippen LogP contribution in [0.4, 0.5) is 0 Å². The fourth-order valence-electron chi connectivity index (χ4n) is 2.40. The molecule has 1 saturated heterocycles. The number of sulfonamides is 1. The van der Waals surface area contributed by atoms with E-state index in [0.717, 1.165) is 25.9 Å². The number of aliphatic hydroxyl groups excluding tert-OH is 1. The van der Waals surface area contributed by atoms with Gasteiger partial charge in [-0.2, -0.15) is 0 Å². The van der Waals surface area contributed by atoms with Gasteiger partial charge in [0.15, 0.2) is 0 Å². The van der Waals surface area contributed by atoms with Gasteiger partial charge in [0.1, 0.15) is 4.90 Å². The topological polar surface area (TPSA) is 69.6 Å². The number of aliphatic hydroxyl groups is 1. The smallest absolute Gasteiger partial charge is 0.242 e. The van der Waals surface area contributed by atoms with E-state index in [1.165, 1.54) is 17.4 Å². The second kappa shape index (κ2) is 6.85. The molecule has 1 aliphatic heterocycles. The molecule has 2 rings (SSSR count). The predicted octanol–water partition coefficient (Wildman–Crippen LogP) is 1.62. The third kappa shape index (κ3) is 4.02. The maximum atomic E-state index is 12.3. The molecule has 0 radical (unpaired) electrons. The molecule has 1 unspecified atom stereocenters. The lowest BCUT2D eigenvalue weighted by atomic mass is 9.99. The van der Waals surface area contributed by atoms with E-state index >= 15 is 0 Å². The predicted molar refractivity (Wildman–Crippen MR) is 83.4 cm³/mol. The zero-order valence-corrected chi connectivity index (χ0v) is 14.5. The van der Waals surface area contributed by atoms with Gasteiger partial charge in [0.25, 0.3) is 0 Å². The third-order valence-electron chi connectivity index (χ3n) is 3.44. The molecule has 1 aliphatic rings. The van der Waals surface area contributed by atoms with Crippen molar-refractivity contribution in [1.82, 2.24) is 9.62 Å². The normalized spacial score (nSPS) is 21.2. The monoisotopic (exact) mass is 382 g/mol. The molecule has 1 atom stereocenters. The van der Waals surface area contributed by atoms with Crippen LogP contribution in [0.5, 0.6) is 0 Å². The zero-order chi connectivity index (χ0) is 14.8. The summed E-state index contributed by atoms with van der Waals surface area (Å²) in [6, 6.07) is 1.52. The first kappa shape index (κ1) is 16.4. The maximum absolute atomic E-state index is 12.3. The molecule has 0 aliphatic carbocycles. The second-order valence-corrected chi connectivity index (χ2v) is 9.32. The van der Waals surface area contributed by atoms with Crippen LogP contribution in [-0.2, 0) is 16.6 Å². The minimum absolute atomic E-state index is 0.147. The largest absolute Gasteiger partial charge is 0.391 e. The van der Waals surface area contributed by atoms with Crippen LogP contribution in [0.2, 0.25) is 0 Å². The molecule has 0 saturated carbocycles. The first-order valence-electron chi connectivity index (χ1n) is 6.49. The summed E-state index contributed by atoms with van der Waals surface area (Å²) in [6.45, 7) is 2.32. The van der Waals surface area contributed by atoms with Crippen molar-refractivity contribution in [1.29, 1.82) is 0 Å². The van der Waals surface area contributed by atoms with Crippen LogP contribution in [0.1, 0.15) is 17.7 Å². The van der Waals surface area contributed by atoms with E-state index in [0.29, 0.717) is 21.1 Å². The number of piperidine rings is 1. The van der Waals surface area contributed by atoms with E-state index in [2.05, 4.69) is 32.6 Å². The summed E-state index contributed by atoms with van der Waals surface area (Å²) in [5, 5.41) is 9.07. The van der Waals surface area contributed by atoms with Gasteiger partial charge in [0.05, 0.1) is 10.4 Å². The molecule has 20 heavy (non-hydrogen) atoms. The van der Waals surface area contributed by atoms with Crippen LogP contribution in [0, 0.1) is 5.92 Å². The summed E-state index contributed by atoms with van der Waals surface area (Å²) >= 11 is 4.49. The molecule has 1 fully saturated rings. The summed E-state index contributed by atoms with van der Waals surface area (Å²) in [4.78, 5) is 3.08. The Labute approximate surface area is 132 Å². The molecule has 0 aromatic carbocycles. The van der Waals surface area contributed by atoms with Gasteiger partial charge in [-0.3, -0.25) is 0 Å². The molecule has 2 heterocycles. The lowest BCUT2D eigenvalue weighted by Crippen LogP contribution is -2.39. The van der Waals surface area contributed by atoms with Crippen LogP contribution in [0.3, 0.4) is 0 Å². The highest BCUT2D eigenvalue weighted by Gasteiger charge is 2.23. The van der Waals surface area contributed by atoms with E-state index in [1.807, 2.05) is 0 Å². The van der Waals surface area contributed by atoms with Gasteiger partial charge < -0.3 is 10.0 Å². The molecule has 2 N–H and O–H groups in total. The van der Waals surface area contributed by atoms with Crippen molar-refractivity contribution in [3.05, 3.63) is 14.7 Å². The molecule has 1 aromatic heterocycles. The van der Waals surface area contributed by atoms with E-state index in [-0.39, 0.29) is 11.5 Å². The second-order valence-electron chi connectivity index (χ2n) is 5.13. The van der Waals surface area contributed by atoms with Crippen LogP contribution in [0.15, 0.2) is 14.7 Å². The van der Waals surface area contributed by atoms with Gasteiger partial charge >= 0.3 is 0 Å². The third-order valence-corrected chi connectivity index (χ3v) is 7.10. The van der Waals surface area contributed by atoms with Crippen molar-refractivity contribution in [2.45, 2.75) is 24.3 Å². The number of hydrogen-bond acceptors (Lipinski definition) is 5. The van der Waals surface area contributed by atoms with Gasteiger partial charge in [-0.1, -0.05) is 0 Å². The average Bonchev–Trinajstić information content (AvgIpc) is 2.79. The van der Waals surface area contributed by atoms with Crippen molar-refractivity contribution in [3.63, 3.8) is 0 Å². The lowest BCUT2D eigenvalue weighted by molar-refractivity contribution is 0.211. The van der Waals surface area contributed by atoms with Crippen molar-refractivity contribution in [2.75, 3.05) is 26.7 Å². The minimum Gasteiger partial charge on any atom is -0.391 e. The molecular weight excluding hydrogens is 364 g/mol. The van der Waals surface area contributed by atoms with E-state index in [9.17, 15) is 8.42 Å². The quantitative estimate of drug-likeness (QED) is 0.811. The summed E-state index contributed by atoms with van der Waals surface area (Å²) in [5.41, 5.74) is 0. The fourth-order valence-corrected chi connectivity index (χ4v) is 6.06. The molecule has 0 spiro atoms. The molecule has 0 bridgehead atoms. The lowest BCUT2D eigenvalue weighted by Gasteiger charge is -2.29. The highest BCUT2D eigenvalue weighted by atomic mass is 79.9. The van der Waals surface area contributed by atoms with E-state index in [4.69, 9.17) is 5.11 Å². The highest BCUT2D eigenvalue weighted by Crippen LogP contribution is 2.31. The van der Waals surface area contributed by atoms with Crippen LogP contribution >= 0.6 is 27.3 Å². The number of nitrogens with zero attached hydrogens (tertiary/aromatic N) is 1. The number of thiophene rings is 1. The minimum atomic E-state index is -3.51. The molecule has 0 amide bonds. The standard InChI is InChI=1S/C12H19BrN2O3S2/c1-15-4-2-3-9(7-15)6-14-20(17,18)11-5-10(8-16)19-12(11)13/h5,9,14,16H,2-4,6-8H2,1H3. The molecule has 114 valence electrons. The Bertz CT molecular complexity index is 559. The number of nitrogens with one attached hydrogen (secondary N) is 1. The summed E-state index contributed by atoms with van der Waals surface area (Å²) in [5.74, 6) is 0.359. The zero-order valence-electron chi connectivity index (χ0n) is 11.3. The van der Waals surface area contributed by atoms with Gasteiger partial charge in [-0.15, -0.1) is 11.3 Å². The first-order valence-corrected chi connectivity index (χ1v) is 9.59. The maximum Gasteiger partial charge on any atom is 0.242 e. The van der Waals surface area contributed by atoms with Crippen molar-refractivity contribution in [2.24, 2.45) is 5.92 Å². The van der Waals surface area contributed by atoms with Crippen LogP contribution in [-0.4, -0.2) is 45.1 Å². The molecule has 1 aromatic rings. The van der Waals surface area contributed by atoms with Crippen LogP contribution in [0.25, 0.3) is 0 Å².